The van der Waals surface area contributed by atoms with E-state index >= 15 is 0 Å². The Balaban J connectivity index is 1.80. The lowest BCUT2D eigenvalue weighted by atomic mass is 10.1. The van der Waals surface area contributed by atoms with E-state index in [9.17, 15) is 4.79 Å². The van der Waals surface area contributed by atoms with Crippen LogP contribution >= 0.6 is 11.6 Å². The van der Waals surface area contributed by atoms with E-state index in [0.717, 1.165) is 22.4 Å². The Labute approximate surface area is 170 Å². The predicted molar refractivity (Wildman–Crippen MR) is 113 cm³/mol. The minimum atomic E-state index is -0.217. The van der Waals surface area contributed by atoms with Crippen LogP contribution in [0.15, 0.2) is 60.7 Å². The second kappa shape index (κ2) is 8.81. The zero-order valence-electron chi connectivity index (χ0n) is 16.1. The summed E-state index contributed by atoms with van der Waals surface area (Å²) in [7, 11) is 1.60. The molecule has 0 unspecified atom stereocenters. The monoisotopic (exact) mass is 395 g/mol. The highest BCUT2D eigenvalue weighted by Crippen LogP contribution is 2.25. The Morgan fingerprint density at radius 3 is 2.50 bits per heavy atom. The maximum Gasteiger partial charge on any atom is 0.255 e. The summed E-state index contributed by atoms with van der Waals surface area (Å²) in [5, 5.41) is 3.48. The van der Waals surface area contributed by atoms with Crippen LogP contribution in [0.25, 0.3) is 0 Å². The summed E-state index contributed by atoms with van der Waals surface area (Å²) in [5.41, 5.74) is 3.98. The van der Waals surface area contributed by atoms with Crippen molar-refractivity contribution in [1.82, 2.24) is 0 Å². The molecule has 1 amide bonds. The first-order valence-corrected chi connectivity index (χ1v) is 9.28. The highest BCUT2D eigenvalue weighted by molar-refractivity contribution is 6.31. The molecular weight excluding hydrogens is 374 g/mol. The average Bonchev–Trinajstić information content (AvgIpc) is 2.70. The van der Waals surface area contributed by atoms with Crippen LogP contribution < -0.4 is 14.8 Å². The van der Waals surface area contributed by atoms with Crippen molar-refractivity contribution in [2.24, 2.45) is 0 Å². The maximum atomic E-state index is 12.7. The molecule has 0 aliphatic carbocycles. The summed E-state index contributed by atoms with van der Waals surface area (Å²) in [5.74, 6) is 1.25. The second-order valence-electron chi connectivity index (χ2n) is 6.49. The number of methoxy groups -OCH3 is 1. The van der Waals surface area contributed by atoms with E-state index in [1.165, 1.54) is 0 Å². The Kier molecular flexibility index (Phi) is 6.22. The highest BCUT2D eigenvalue weighted by atomic mass is 35.5. The zero-order chi connectivity index (χ0) is 20.1. The van der Waals surface area contributed by atoms with E-state index in [4.69, 9.17) is 21.1 Å². The van der Waals surface area contributed by atoms with E-state index in [-0.39, 0.29) is 5.91 Å². The molecule has 0 fully saturated rings. The summed E-state index contributed by atoms with van der Waals surface area (Å²) < 4.78 is 11.3. The molecule has 3 aromatic rings. The third kappa shape index (κ3) is 4.65. The molecular formula is C23H22ClNO3. The fourth-order valence-corrected chi connectivity index (χ4v) is 3.00. The van der Waals surface area contributed by atoms with Gasteiger partial charge in [0.25, 0.3) is 5.91 Å². The van der Waals surface area contributed by atoms with Crippen molar-refractivity contribution in [2.75, 3.05) is 12.4 Å². The van der Waals surface area contributed by atoms with Crippen molar-refractivity contribution >= 4 is 23.2 Å². The molecule has 0 heterocycles. The molecule has 5 heteroatoms. The predicted octanol–water partition coefficient (Wildman–Crippen LogP) is 5.80. The van der Waals surface area contributed by atoms with Gasteiger partial charge < -0.3 is 14.8 Å². The lowest BCUT2D eigenvalue weighted by Gasteiger charge is -2.14. The van der Waals surface area contributed by atoms with Gasteiger partial charge in [0.1, 0.15) is 18.1 Å². The van der Waals surface area contributed by atoms with E-state index in [2.05, 4.69) is 5.32 Å². The van der Waals surface area contributed by atoms with E-state index in [1.807, 2.05) is 44.2 Å². The number of nitrogens with one attached hydrogen (secondary N) is 1. The first-order valence-electron chi connectivity index (χ1n) is 8.91. The van der Waals surface area contributed by atoms with Gasteiger partial charge in [-0.25, -0.2) is 0 Å². The number of rotatable bonds is 6. The van der Waals surface area contributed by atoms with Gasteiger partial charge in [-0.3, -0.25) is 4.79 Å². The summed E-state index contributed by atoms with van der Waals surface area (Å²) in [6, 6.07) is 18.5. The quantitative estimate of drug-likeness (QED) is 0.574. The van der Waals surface area contributed by atoms with Gasteiger partial charge in [0.15, 0.2) is 0 Å². The first kappa shape index (κ1) is 19.8. The molecule has 3 rings (SSSR count). The molecule has 0 bridgehead atoms. The van der Waals surface area contributed by atoms with E-state index in [1.54, 1.807) is 37.4 Å². The molecule has 0 saturated carbocycles. The third-order valence-electron chi connectivity index (χ3n) is 4.47. The molecule has 28 heavy (non-hydrogen) atoms. The molecule has 144 valence electrons. The van der Waals surface area contributed by atoms with Crippen molar-refractivity contribution in [1.29, 1.82) is 0 Å². The molecule has 1 N–H and O–H groups in total. The number of amides is 1. The number of ether oxygens (including phenoxy) is 2. The van der Waals surface area contributed by atoms with Crippen LogP contribution in [-0.4, -0.2) is 13.0 Å². The van der Waals surface area contributed by atoms with Crippen LogP contribution in [0, 0.1) is 13.8 Å². The number of halogens is 1. The molecule has 0 aliphatic heterocycles. The minimum Gasteiger partial charge on any atom is -0.496 e. The fourth-order valence-electron chi connectivity index (χ4n) is 2.83. The van der Waals surface area contributed by atoms with E-state index in [0.29, 0.717) is 28.6 Å². The molecule has 0 spiro atoms. The van der Waals surface area contributed by atoms with Crippen LogP contribution in [0.3, 0.4) is 0 Å². The van der Waals surface area contributed by atoms with Gasteiger partial charge in [-0.15, -0.1) is 0 Å². The van der Waals surface area contributed by atoms with Gasteiger partial charge in [0.2, 0.25) is 0 Å². The smallest absolute Gasteiger partial charge is 0.255 e. The third-order valence-corrected chi connectivity index (χ3v) is 4.70. The summed E-state index contributed by atoms with van der Waals surface area (Å²) in [6.45, 7) is 4.20. The van der Waals surface area contributed by atoms with Crippen molar-refractivity contribution in [3.05, 3.63) is 87.9 Å². The fraction of sp³-hybridized carbons (Fsp3) is 0.174. The number of benzene rings is 3. The van der Waals surface area contributed by atoms with Gasteiger partial charge in [-0.05, 0) is 61.4 Å². The lowest BCUT2D eigenvalue weighted by molar-refractivity contribution is 0.102. The topological polar surface area (TPSA) is 47.6 Å². The maximum absolute atomic E-state index is 12.7. The number of aryl methyl sites for hydroxylation is 2. The van der Waals surface area contributed by atoms with Crippen LogP contribution in [0.1, 0.15) is 27.0 Å². The molecule has 3 aromatic carbocycles. The van der Waals surface area contributed by atoms with Crippen molar-refractivity contribution in [3.8, 4) is 11.5 Å². The molecule has 4 nitrogen and oxygen atoms in total. The zero-order valence-corrected chi connectivity index (χ0v) is 16.8. The number of hydrogen-bond donors (Lipinski definition) is 1. The van der Waals surface area contributed by atoms with Crippen LogP contribution in [-0.2, 0) is 6.61 Å². The van der Waals surface area contributed by atoms with Crippen molar-refractivity contribution in [3.63, 3.8) is 0 Å². The number of carbonyl (C=O) groups is 1. The highest BCUT2D eigenvalue weighted by Gasteiger charge is 2.13. The number of carbonyl (C=O) groups excluding carboxylic acids is 1. The number of anilines is 1. The largest absolute Gasteiger partial charge is 0.496 e. The van der Waals surface area contributed by atoms with Crippen molar-refractivity contribution < 1.29 is 14.3 Å². The van der Waals surface area contributed by atoms with Gasteiger partial charge >= 0.3 is 0 Å². The van der Waals surface area contributed by atoms with Gasteiger partial charge in [0, 0.05) is 21.8 Å². The SMILES string of the molecule is COc1ccc(C(=O)Nc2cc(Cl)ccc2C)cc1COc1ccccc1C. The van der Waals surface area contributed by atoms with Crippen LogP contribution in [0.5, 0.6) is 11.5 Å². The normalized spacial score (nSPS) is 10.4. The number of hydrogen-bond acceptors (Lipinski definition) is 3. The standard InChI is InChI=1S/C23H22ClNO3/c1-15-8-10-19(24)13-20(15)25-23(26)17-9-11-22(27-3)18(12-17)14-28-21-7-5-4-6-16(21)2/h4-13H,14H2,1-3H3,(H,25,26). The Hall–Kier alpha value is -2.98. The van der Waals surface area contributed by atoms with Gasteiger partial charge in [-0.1, -0.05) is 35.9 Å². The molecule has 0 atom stereocenters. The first-order chi connectivity index (χ1) is 13.5. The molecule has 0 aliphatic rings. The number of para-hydroxylation sites is 1. The Morgan fingerprint density at radius 2 is 1.75 bits per heavy atom. The van der Waals surface area contributed by atoms with Crippen LogP contribution in [0.4, 0.5) is 5.69 Å². The molecule has 0 aromatic heterocycles. The van der Waals surface area contributed by atoms with E-state index < -0.39 is 0 Å². The van der Waals surface area contributed by atoms with Crippen molar-refractivity contribution in [2.45, 2.75) is 20.5 Å². The van der Waals surface area contributed by atoms with Crippen LogP contribution in [0.2, 0.25) is 5.02 Å². The Bertz CT molecular complexity index is 1000. The summed E-state index contributed by atoms with van der Waals surface area (Å²) in [6.07, 6.45) is 0. The molecule has 0 radical (unpaired) electrons. The summed E-state index contributed by atoms with van der Waals surface area (Å²) >= 11 is 6.04. The lowest BCUT2D eigenvalue weighted by Crippen LogP contribution is -2.13. The summed E-state index contributed by atoms with van der Waals surface area (Å²) in [4.78, 5) is 12.7. The van der Waals surface area contributed by atoms with Gasteiger partial charge in [0.05, 0.1) is 7.11 Å². The molecule has 0 saturated heterocycles. The second-order valence-corrected chi connectivity index (χ2v) is 6.93. The van der Waals surface area contributed by atoms with Gasteiger partial charge in [-0.2, -0.15) is 0 Å². The minimum absolute atomic E-state index is 0.217. The average molecular weight is 396 g/mol. The Morgan fingerprint density at radius 1 is 0.964 bits per heavy atom.